The first-order valence-corrected chi connectivity index (χ1v) is 9.36. The first-order chi connectivity index (χ1) is 14.3. The SMILES string of the molecule is O=C(N(CCCc1cnoc1-c1ccc(F)cc1)CCCn1ccnc1)C(F)(F)F. The van der Waals surface area contributed by atoms with Crippen molar-refractivity contribution in [2.24, 2.45) is 0 Å². The van der Waals surface area contributed by atoms with Crippen LogP contribution in [0.3, 0.4) is 0 Å². The number of alkyl halides is 3. The summed E-state index contributed by atoms with van der Waals surface area (Å²) >= 11 is 0. The molecule has 0 aliphatic carbocycles. The Labute approximate surface area is 170 Å². The summed E-state index contributed by atoms with van der Waals surface area (Å²) < 4.78 is 58.9. The highest BCUT2D eigenvalue weighted by Gasteiger charge is 2.42. The number of aryl methyl sites for hydroxylation is 2. The molecule has 1 aromatic carbocycles. The van der Waals surface area contributed by atoms with Gasteiger partial charge in [-0.2, -0.15) is 13.2 Å². The predicted molar refractivity (Wildman–Crippen MR) is 99.7 cm³/mol. The van der Waals surface area contributed by atoms with Crippen LogP contribution in [-0.4, -0.2) is 44.8 Å². The van der Waals surface area contributed by atoms with Gasteiger partial charge in [0.2, 0.25) is 0 Å². The van der Waals surface area contributed by atoms with E-state index in [1.54, 1.807) is 23.3 Å². The zero-order valence-electron chi connectivity index (χ0n) is 16.0. The van der Waals surface area contributed by atoms with E-state index in [4.69, 9.17) is 4.52 Å². The molecule has 0 atom stereocenters. The van der Waals surface area contributed by atoms with Crippen molar-refractivity contribution >= 4 is 5.91 Å². The van der Waals surface area contributed by atoms with Crippen LogP contribution >= 0.6 is 0 Å². The van der Waals surface area contributed by atoms with E-state index in [9.17, 15) is 22.4 Å². The van der Waals surface area contributed by atoms with E-state index in [1.165, 1.54) is 30.5 Å². The van der Waals surface area contributed by atoms with Crippen LogP contribution in [0.1, 0.15) is 18.4 Å². The highest BCUT2D eigenvalue weighted by atomic mass is 19.4. The second kappa shape index (κ2) is 9.55. The van der Waals surface area contributed by atoms with Gasteiger partial charge in [-0.1, -0.05) is 5.16 Å². The summed E-state index contributed by atoms with van der Waals surface area (Å²) in [5.74, 6) is -1.81. The molecule has 0 saturated heterocycles. The number of aromatic nitrogens is 3. The number of carbonyl (C=O) groups is 1. The van der Waals surface area contributed by atoms with Crippen molar-refractivity contribution in [3.05, 3.63) is 60.6 Å². The van der Waals surface area contributed by atoms with Crippen molar-refractivity contribution in [1.82, 2.24) is 19.6 Å². The second-order valence-corrected chi connectivity index (χ2v) is 6.73. The van der Waals surface area contributed by atoms with E-state index >= 15 is 0 Å². The minimum absolute atomic E-state index is 0.0228. The standard InChI is InChI=1S/C20H20F4N4O2/c21-17-6-4-15(5-7-17)18-16(13-26-30-18)3-1-10-28(19(29)20(22,23)24)11-2-9-27-12-8-25-14-27/h4-8,12-14H,1-3,9-11H2. The fourth-order valence-electron chi connectivity index (χ4n) is 3.10. The van der Waals surface area contributed by atoms with Crippen LogP contribution in [0.4, 0.5) is 17.6 Å². The normalized spacial score (nSPS) is 11.6. The molecule has 0 fully saturated rings. The van der Waals surface area contributed by atoms with Gasteiger partial charge in [0, 0.05) is 43.2 Å². The van der Waals surface area contributed by atoms with Crippen LogP contribution in [0.2, 0.25) is 0 Å². The van der Waals surface area contributed by atoms with E-state index in [0.29, 0.717) is 42.7 Å². The molecular formula is C20H20F4N4O2. The van der Waals surface area contributed by atoms with Gasteiger partial charge in [-0.15, -0.1) is 0 Å². The Balaban J connectivity index is 1.59. The molecule has 160 valence electrons. The summed E-state index contributed by atoms with van der Waals surface area (Å²) in [5, 5.41) is 3.73. The van der Waals surface area contributed by atoms with Crippen molar-refractivity contribution in [3.8, 4) is 11.3 Å². The Kier molecular flexibility index (Phi) is 6.86. The second-order valence-electron chi connectivity index (χ2n) is 6.73. The van der Waals surface area contributed by atoms with Gasteiger partial charge in [0.1, 0.15) is 5.82 Å². The minimum Gasteiger partial charge on any atom is -0.356 e. The number of halogens is 4. The molecule has 0 spiro atoms. The van der Waals surface area contributed by atoms with Gasteiger partial charge in [0.25, 0.3) is 0 Å². The zero-order valence-corrected chi connectivity index (χ0v) is 16.0. The average molecular weight is 424 g/mol. The molecule has 0 aliphatic rings. The Morgan fingerprint density at radius 3 is 2.53 bits per heavy atom. The Hall–Kier alpha value is -3.17. The number of hydrogen-bond donors (Lipinski definition) is 0. The van der Waals surface area contributed by atoms with Gasteiger partial charge >= 0.3 is 12.1 Å². The predicted octanol–water partition coefficient (Wildman–Crippen LogP) is 4.09. The van der Waals surface area contributed by atoms with E-state index in [0.717, 1.165) is 4.90 Å². The average Bonchev–Trinajstić information content (AvgIpc) is 3.38. The maximum atomic E-state index is 13.1. The lowest BCUT2D eigenvalue weighted by atomic mass is 10.1. The maximum Gasteiger partial charge on any atom is 0.471 e. The van der Waals surface area contributed by atoms with Crippen LogP contribution in [0.15, 0.2) is 53.7 Å². The molecule has 2 heterocycles. The van der Waals surface area contributed by atoms with Gasteiger partial charge in [0.15, 0.2) is 5.76 Å². The molecule has 3 rings (SSSR count). The fraction of sp³-hybridized carbons (Fsp3) is 0.350. The molecule has 1 amide bonds. The van der Waals surface area contributed by atoms with Crippen LogP contribution in [0, 0.1) is 5.82 Å². The van der Waals surface area contributed by atoms with E-state index in [2.05, 4.69) is 10.1 Å². The molecule has 6 nitrogen and oxygen atoms in total. The summed E-state index contributed by atoms with van der Waals surface area (Å²) in [6.45, 7) is 0.378. The number of hydrogen-bond acceptors (Lipinski definition) is 4. The van der Waals surface area contributed by atoms with Gasteiger partial charge < -0.3 is 14.0 Å². The van der Waals surface area contributed by atoms with Crippen LogP contribution in [-0.2, 0) is 17.8 Å². The lowest BCUT2D eigenvalue weighted by molar-refractivity contribution is -0.185. The molecule has 0 N–H and O–H groups in total. The van der Waals surface area contributed by atoms with Gasteiger partial charge in [-0.25, -0.2) is 9.37 Å². The molecule has 2 aromatic heterocycles. The topological polar surface area (TPSA) is 64.2 Å². The summed E-state index contributed by atoms with van der Waals surface area (Å²) in [4.78, 5) is 16.5. The number of amides is 1. The number of carbonyl (C=O) groups excluding carboxylic acids is 1. The first kappa shape index (κ1) is 21.5. The van der Waals surface area contributed by atoms with Crippen LogP contribution in [0.5, 0.6) is 0 Å². The lowest BCUT2D eigenvalue weighted by Crippen LogP contribution is -2.42. The van der Waals surface area contributed by atoms with Gasteiger partial charge in [-0.3, -0.25) is 4.79 Å². The highest BCUT2D eigenvalue weighted by molar-refractivity contribution is 5.81. The molecule has 30 heavy (non-hydrogen) atoms. The van der Waals surface area contributed by atoms with Gasteiger partial charge in [0.05, 0.1) is 12.5 Å². The van der Waals surface area contributed by atoms with Crippen molar-refractivity contribution in [2.45, 2.75) is 32.0 Å². The van der Waals surface area contributed by atoms with Crippen LogP contribution < -0.4 is 0 Å². The Morgan fingerprint density at radius 2 is 1.87 bits per heavy atom. The number of rotatable bonds is 9. The molecule has 0 bridgehead atoms. The first-order valence-electron chi connectivity index (χ1n) is 9.36. The van der Waals surface area contributed by atoms with Gasteiger partial charge in [-0.05, 0) is 43.5 Å². The third-order valence-corrected chi connectivity index (χ3v) is 4.56. The van der Waals surface area contributed by atoms with Crippen molar-refractivity contribution in [1.29, 1.82) is 0 Å². The number of nitrogens with zero attached hydrogens (tertiary/aromatic N) is 4. The maximum absolute atomic E-state index is 13.1. The van der Waals surface area contributed by atoms with Crippen LogP contribution in [0.25, 0.3) is 11.3 Å². The third-order valence-electron chi connectivity index (χ3n) is 4.56. The minimum atomic E-state index is -4.93. The summed E-state index contributed by atoms with van der Waals surface area (Å²) in [6, 6.07) is 5.64. The number of benzene rings is 1. The fourth-order valence-corrected chi connectivity index (χ4v) is 3.10. The van der Waals surface area contributed by atoms with E-state index < -0.39 is 17.9 Å². The van der Waals surface area contributed by atoms with Crippen molar-refractivity contribution in [2.75, 3.05) is 13.1 Å². The molecule has 0 unspecified atom stereocenters. The monoisotopic (exact) mass is 424 g/mol. The molecule has 3 aromatic rings. The molecule has 0 radical (unpaired) electrons. The largest absolute Gasteiger partial charge is 0.471 e. The molecular weight excluding hydrogens is 404 g/mol. The lowest BCUT2D eigenvalue weighted by Gasteiger charge is -2.23. The summed E-state index contributed by atoms with van der Waals surface area (Å²) in [7, 11) is 0. The Morgan fingerprint density at radius 1 is 1.13 bits per heavy atom. The quantitative estimate of drug-likeness (QED) is 0.486. The molecule has 0 saturated carbocycles. The summed E-state index contributed by atoms with van der Waals surface area (Å²) in [5.41, 5.74) is 1.30. The molecule has 10 heteroatoms. The number of imidazole rings is 1. The van der Waals surface area contributed by atoms with E-state index in [-0.39, 0.29) is 13.1 Å². The smallest absolute Gasteiger partial charge is 0.356 e. The zero-order chi connectivity index (χ0) is 21.6. The molecule has 0 aliphatic heterocycles. The van der Waals surface area contributed by atoms with Crippen molar-refractivity contribution < 1.29 is 26.9 Å². The van der Waals surface area contributed by atoms with Crippen molar-refractivity contribution in [3.63, 3.8) is 0 Å². The highest BCUT2D eigenvalue weighted by Crippen LogP contribution is 2.25. The third kappa shape index (κ3) is 5.68. The van der Waals surface area contributed by atoms with E-state index in [1.807, 2.05) is 0 Å². The Bertz CT molecular complexity index is 937. The summed E-state index contributed by atoms with van der Waals surface area (Å²) in [6.07, 6.45) is 2.43.